The van der Waals surface area contributed by atoms with E-state index in [0.717, 1.165) is 16.0 Å². The molecule has 0 amide bonds. The van der Waals surface area contributed by atoms with Crippen LogP contribution in [0, 0.1) is 0 Å². The van der Waals surface area contributed by atoms with Crippen molar-refractivity contribution >= 4 is 22.2 Å². The summed E-state index contributed by atoms with van der Waals surface area (Å²) >= 11 is 1.64. The minimum atomic E-state index is -0.602. The fourth-order valence-electron chi connectivity index (χ4n) is 4.44. The Bertz CT molecular complexity index is 1490. The summed E-state index contributed by atoms with van der Waals surface area (Å²) in [4.78, 5) is 20.0. The number of hydrogen-bond donors (Lipinski definition) is 1. The van der Waals surface area contributed by atoms with Crippen molar-refractivity contribution in [1.82, 2.24) is 30.1 Å². The van der Waals surface area contributed by atoms with Crippen molar-refractivity contribution in [2.45, 2.75) is 25.7 Å². The van der Waals surface area contributed by atoms with Crippen molar-refractivity contribution < 1.29 is 18.6 Å². The largest absolute Gasteiger partial charge is 0.493 e. The number of H-pyrrole nitrogens is 1. The molecule has 0 aliphatic heterocycles. The van der Waals surface area contributed by atoms with Gasteiger partial charge in [-0.25, -0.2) is 4.68 Å². The first-order valence-corrected chi connectivity index (χ1v) is 12.8. The number of furan rings is 1. The number of benzene rings is 1. The number of tetrazole rings is 1. The third-order valence-corrected chi connectivity index (χ3v) is 7.09. The third kappa shape index (κ3) is 5.32. The molecular formula is C26H28N6O5S. The predicted molar refractivity (Wildman–Crippen MR) is 141 cm³/mol. The topological polar surface area (TPSA) is 121 Å². The van der Waals surface area contributed by atoms with Crippen LogP contribution in [-0.4, -0.2) is 58.0 Å². The predicted octanol–water partition coefficient (Wildman–Crippen LogP) is 3.62. The number of nitrogens with zero attached hydrogens (tertiary/aromatic N) is 5. The summed E-state index contributed by atoms with van der Waals surface area (Å²) in [6.07, 6.45) is 1.64. The number of hydrogen-bond acceptors (Lipinski definition) is 10. The molecule has 11 nitrogen and oxygen atoms in total. The van der Waals surface area contributed by atoms with Crippen LogP contribution in [0.15, 0.2) is 63.3 Å². The van der Waals surface area contributed by atoms with Crippen molar-refractivity contribution in [3.05, 3.63) is 86.5 Å². The van der Waals surface area contributed by atoms with Crippen molar-refractivity contribution in [3.8, 4) is 11.5 Å². The molecule has 198 valence electrons. The van der Waals surface area contributed by atoms with Gasteiger partial charge in [0.15, 0.2) is 17.3 Å². The van der Waals surface area contributed by atoms with Gasteiger partial charge in [-0.15, -0.1) is 16.4 Å². The van der Waals surface area contributed by atoms with E-state index >= 15 is 0 Å². The second-order valence-electron chi connectivity index (χ2n) is 8.57. The van der Waals surface area contributed by atoms with Gasteiger partial charge in [0, 0.05) is 35.5 Å². The molecule has 38 heavy (non-hydrogen) atoms. The van der Waals surface area contributed by atoms with Gasteiger partial charge in [0.05, 0.1) is 45.7 Å². The third-order valence-electron chi connectivity index (χ3n) is 6.23. The summed E-state index contributed by atoms with van der Waals surface area (Å²) in [6.45, 7) is 1.82. The van der Waals surface area contributed by atoms with Crippen LogP contribution in [0.1, 0.15) is 28.1 Å². The van der Waals surface area contributed by atoms with Crippen LogP contribution in [0.4, 0.5) is 0 Å². The maximum atomic E-state index is 13.7. The normalized spacial score (nSPS) is 12.3. The van der Waals surface area contributed by atoms with Crippen molar-refractivity contribution in [2.75, 3.05) is 27.9 Å². The molecule has 5 rings (SSSR count). The molecule has 4 heterocycles. The first-order valence-electron chi connectivity index (χ1n) is 11.9. The highest BCUT2D eigenvalue weighted by molar-refractivity contribution is 7.09. The number of fused-ring (bicyclic) bond motifs is 1. The maximum absolute atomic E-state index is 13.7. The van der Waals surface area contributed by atoms with Crippen molar-refractivity contribution in [3.63, 3.8) is 0 Å². The van der Waals surface area contributed by atoms with Gasteiger partial charge in [0.2, 0.25) is 0 Å². The molecule has 1 aromatic carbocycles. The van der Waals surface area contributed by atoms with Crippen LogP contribution in [0.3, 0.4) is 0 Å². The minimum absolute atomic E-state index is 0.258. The van der Waals surface area contributed by atoms with Gasteiger partial charge in [-0.05, 0) is 46.1 Å². The number of nitrogens with one attached hydrogen (secondary N) is 1. The minimum Gasteiger partial charge on any atom is -0.493 e. The number of aromatic nitrogens is 5. The standard InChI is InChI=1S/C26H28N6O5S/c1-34-10-8-32-25(28-29-30-32)24(31(15-18-6-4-9-37-18)16-19-7-5-11-38-19)20-12-17-13-22(35-2)23(36-3)14-21(17)27-26(20)33/h4-7,9,11-14,24H,8,10,15-16H2,1-3H3,(H,27,33)/t24-/m1/s1. The van der Waals surface area contributed by atoms with E-state index < -0.39 is 6.04 Å². The van der Waals surface area contributed by atoms with E-state index in [9.17, 15) is 4.79 Å². The van der Waals surface area contributed by atoms with Crippen LogP contribution < -0.4 is 15.0 Å². The lowest BCUT2D eigenvalue weighted by Gasteiger charge is -2.30. The second kappa shape index (κ2) is 11.6. The highest BCUT2D eigenvalue weighted by Crippen LogP contribution is 2.34. The fourth-order valence-corrected chi connectivity index (χ4v) is 5.17. The lowest BCUT2D eigenvalue weighted by molar-refractivity contribution is 0.164. The molecule has 5 aromatic rings. The van der Waals surface area contributed by atoms with Gasteiger partial charge in [-0.1, -0.05) is 6.07 Å². The highest BCUT2D eigenvalue weighted by Gasteiger charge is 2.31. The SMILES string of the molecule is COCCn1nnnc1[C@@H](c1cc2cc(OC)c(OC)cc2[nH]c1=O)N(Cc1ccco1)Cc1cccs1. The molecule has 1 atom stereocenters. The summed E-state index contributed by atoms with van der Waals surface area (Å²) in [5.74, 6) is 2.37. The van der Waals surface area contributed by atoms with Crippen LogP contribution in [-0.2, 0) is 24.4 Å². The number of ether oxygens (including phenoxy) is 3. The summed E-state index contributed by atoms with van der Waals surface area (Å²) < 4.78 is 23.6. The van der Waals surface area contributed by atoms with Gasteiger partial charge in [0.25, 0.3) is 5.56 Å². The number of aromatic amines is 1. The quantitative estimate of drug-likeness (QED) is 0.255. The molecule has 0 aliphatic carbocycles. The zero-order valence-electron chi connectivity index (χ0n) is 21.3. The van der Waals surface area contributed by atoms with Crippen LogP contribution >= 0.6 is 11.3 Å². The number of rotatable bonds is 12. The Morgan fingerprint density at radius 1 is 1.11 bits per heavy atom. The lowest BCUT2D eigenvalue weighted by Crippen LogP contribution is -2.34. The van der Waals surface area contributed by atoms with Gasteiger partial charge in [-0.2, -0.15) is 0 Å². The van der Waals surface area contributed by atoms with Gasteiger partial charge >= 0.3 is 0 Å². The first kappa shape index (κ1) is 25.6. The lowest BCUT2D eigenvalue weighted by atomic mass is 10.0. The Hall–Kier alpha value is -4.00. The number of thiophene rings is 1. The van der Waals surface area contributed by atoms with E-state index in [1.54, 1.807) is 49.7 Å². The van der Waals surface area contributed by atoms with E-state index in [2.05, 4.69) is 31.5 Å². The molecule has 0 fully saturated rings. The van der Waals surface area contributed by atoms with E-state index in [1.807, 2.05) is 35.7 Å². The summed E-state index contributed by atoms with van der Waals surface area (Å²) in [5, 5.41) is 15.3. The average Bonchev–Trinajstić information content (AvgIpc) is 3.71. The van der Waals surface area contributed by atoms with Gasteiger partial charge in [0.1, 0.15) is 11.8 Å². The number of methoxy groups -OCH3 is 3. The molecule has 0 bridgehead atoms. The molecule has 0 saturated carbocycles. The summed E-state index contributed by atoms with van der Waals surface area (Å²) in [5.41, 5.74) is 0.859. The number of pyridine rings is 1. The summed E-state index contributed by atoms with van der Waals surface area (Å²) in [7, 11) is 4.76. The Labute approximate surface area is 222 Å². The Morgan fingerprint density at radius 3 is 2.66 bits per heavy atom. The Balaban J connectivity index is 1.69. The Morgan fingerprint density at radius 2 is 1.95 bits per heavy atom. The van der Waals surface area contributed by atoms with Crippen molar-refractivity contribution in [1.29, 1.82) is 0 Å². The van der Waals surface area contributed by atoms with E-state index in [1.165, 1.54) is 0 Å². The first-order chi connectivity index (χ1) is 18.6. The average molecular weight is 537 g/mol. The molecule has 0 saturated heterocycles. The van der Waals surface area contributed by atoms with Gasteiger partial charge in [-0.3, -0.25) is 9.69 Å². The van der Waals surface area contributed by atoms with Crippen LogP contribution in [0.2, 0.25) is 0 Å². The molecule has 4 aromatic heterocycles. The molecule has 1 N–H and O–H groups in total. The summed E-state index contributed by atoms with van der Waals surface area (Å²) in [6, 6.07) is 12.7. The highest BCUT2D eigenvalue weighted by atomic mass is 32.1. The second-order valence-corrected chi connectivity index (χ2v) is 9.60. The molecule has 0 unspecified atom stereocenters. The molecule has 0 aliphatic rings. The Kier molecular flexibility index (Phi) is 7.82. The zero-order chi connectivity index (χ0) is 26.5. The molecular weight excluding hydrogens is 508 g/mol. The van der Waals surface area contributed by atoms with E-state index in [4.69, 9.17) is 18.6 Å². The molecule has 0 spiro atoms. The van der Waals surface area contributed by atoms with Gasteiger partial charge < -0.3 is 23.6 Å². The van der Waals surface area contributed by atoms with Crippen LogP contribution in [0.25, 0.3) is 10.9 Å². The smallest absolute Gasteiger partial charge is 0.253 e. The van der Waals surface area contributed by atoms with E-state index in [0.29, 0.717) is 54.6 Å². The van der Waals surface area contributed by atoms with Crippen LogP contribution in [0.5, 0.6) is 11.5 Å². The fraction of sp³-hybridized carbons (Fsp3) is 0.308. The van der Waals surface area contributed by atoms with Crippen molar-refractivity contribution in [2.24, 2.45) is 0 Å². The molecule has 12 heteroatoms. The zero-order valence-corrected chi connectivity index (χ0v) is 22.1. The molecule has 0 radical (unpaired) electrons. The maximum Gasteiger partial charge on any atom is 0.253 e. The van der Waals surface area contributed by atoms with E-state index in [-0.39, 0.29) is 5.56 Å². The monoisotopic (exact) mass is 536 g/mol.